The molecule has 0 saturated heterocycles. The van der Waals surface area contributed by atoms with E-state index in [1.165, 1.54) is 7.05 Å². The minimum atomic E-state index is -0.254. The van der Waals surface area contributed by atoms with Crippen LogP contribution >= 0.6 is 15.9 Å². The van der Waals surface area contributed by atoms with Gasteiger partial charge in [0.15, 0.2) is 0 Å². The Morgan fingerprint density at radius 3 is 2.71 bits per heavy atom. The Labute approximate surface area is 90.7 Å². The van der Waals surface area contributed by atoms with Gasteiger partial charge in [-0.25, -0.2) is 5.84 Å². The first kappa shape index (κ1) is 11.0. The fourth-order valence-corrected chi connectivity index (χ4v) is 1.40. The lowest BCUT2D eigenvalue weighted by Gasteiger charge is -2.11. The molecule has 0 atom stereocenters. The predicted octanol–water partition coefficient (Wildman–Crippen LogP) is 1.40. The Morgan fingerprint density at radius 1 is 1.57 bits per heavy atom. The van der Waals surface area contributed by atoms with Crippen LogP contribution in [0, 0.1) is 0 Å². The summed E-state index contributed by atoms with van der Waals surface area (Å²) in [5, 5.41) is 1.03. The van der Waals surface area contributed by atoms with Crippen LogP contribution in [-0.2, 0) is 0 Å². The van der Waals surface area contributed by atoms with Crippen molar-refractivity contribution >= 4 is 21.8 Å². The molecule has 0 unspecified atom stereocenters. The Kier molecular flexibility index (Phi) is 3.49. The van der Waals surface area contributed by atoms with E-state index in [-0.39, 0.29) is 5.91 Å². The molecule has 76 valence electrons. The Hall–Kier alpha value is -1.07. The fraction of sp³-hybridized carbons (Fsp3) is 0.222. The molecule has 1 rings (SSSR count). The number of methoxy groups -OCH3 is 1. The van der Waals surface area contributed by atoms with Gasteiger partial charge < -0.3 is 4.74 Å². The average Bonchev–Trinajstić information content (AvgIpc) is 2.17. The second-order valence-corrected chi connectivity index (χ2v) is 3.62. The summed E-state index contributed by atoms with van der Waals surface area (Å²) in [5.41, 5.74) is 0.495. The summed E-state index contributed by atoms with van der Waals surface area (Å²) >= 11 is 3.30. The number of halogens is 1. The molecule has 1 amide bonds. The van der Waals surface area contributed by atoms with Gasteiger partial charge in [0.1, 0.15) is 5.75 Å². The van der Waals surface area contributed by atoms with Crippen LogP contribution in [0.25, 0.3) is 0 Å². The van der Waals surface area contributed by atoms with E-state index in [1.807, 2.05) is 0 Å². The number of carbonyl (C=O) groups is 1. The third kappa shape index (κ3) is 2.24. The molecule has 1 aromatic carbocycles. The van der Waals surface area contributed by atoms with Crippen LogP contribution < -0.4 is 10.6 Å². The molecule has 0 bridgehead atoms. The Morgan fingerprint density at radius 2 is 2.21 bits per heavy atom. The smallest absolute Gasteiger partial charge is 0.267 e. The van der Waals surface area contributed by atoms with Crippen LogP contribution in [0.4, 0.5) is 0 Å². The van der Waals surface area contributed by atoms with Gasteiger partial charge in [-0.2, -0.15) is 0 Å². The molecule has 0 fully saturated rings. The molecule has 0 aliphatic carbocycles. The van der Waals surface area contributed by atoms with E-state index in [2.05, 4.69) is 15.9 Å². The molecule has 2 N–H and O–H groups in total. The zero-order chi connectivity index (χ0) is 10.7. The van der Waals surface area contributed by atoms with Gasteiger partial charge in [0.2, 0.25) is 0 Å². The number of benzene rings is 1. The van der Waals surface area contributed by atoms with Gasteiger partial charge in [-0.15, -0.1) is 0 Å². The monoisotopic (exact) mass is 258 g/mol. The molecule has 0 saturated carbocycles. The van der Waals surface area contributed by atoms with Crippen molar-refractivity contribution in [3.63, 3.8) is 0 Å². The molecule has 0 heterocycles. The van der Waals surface area contributed by atoms with Crippen LogP contribution in [0.2, 0.25) is 0 Å². The first-order valence-corrected chi connectivity index (χ1v) is 4.72. The quantitative estimate of drug-likeness (QED) is 0.496. The van der Waals surface area contributed by atoms with Gasteiger partial charge in [0, 0.05) is 12.6 Å². The van der Waals surface area contributed by atoms with Crippen molar-refractivity contribution in [3.8, 4) is 5.75 Å². The largest absolute Gasteiger partial charge is 0.496 e. The number of nitrogens with zero attached hydrogens (tertiary/aromatic N) is 1. The molecule has 0 aromatic heterocycles. The van der Waals surface area contributed by atoms with Crippen LogP contribution in [-0.4, -0.2) is 25.1 Å². The maximum atomic E-state index is 11.5. The number of nitrogens with two attached hydrogens (primary N) is 1. The number of hydrazine groups is 1. The first-order valence-electron chi connectivity index (χ1n) is 3.92. The zero-order valence-electron chi connectivity index (χ0n) is 7.95. The van der Waals surface area contributed by atoms with E-state index < -0.39 is 0 Å². The van der Waals surface area contributed by atoms with Crippen LogP contribution in [0.5, 0.6) is 5.75 Å². The summed E-state index contributed by atoms with van der Waals surface area (Å²) in [6.45, 7) is 0. The van der Waals surface area contributed by atoms with E-state index in [0.29, 0.717) is 11.3 Å². The summed E-state index contributed by atoms with van der Waals surface area (Å²) in [6.07, 6.45) is 0. The highest BCUT2D eigenvalue weighted by Gasteiger charge is 2.10. The summed E-state index contributed by atoms with van der Waals surface area (Å²) in [7, 11) is 3.04. The van der Waals surface area contributed by atoms with Crippen LogP contribution in [0.3, 0.4) is 0 Å². The Balaban J connectivity index is 3.06. The molecule has 14 heavy (non-hydrogen) atoms. The van der Waals surface area contributed by atoms with Crippen molar-refractivity contribution in [2.24, 2.45) is 5.84 Å². The maximum Gasteiger partial charge on any atom is 0.267 e. The molecule has 4 nitrogen and oxygen atoms in total. The predicted molar refractivity (Wildman–Crippen MR) is 57.0 cm³/mol. The van der Waals surface area contributed by atoms with E-state index in [1.54, 1.807) is 25.3 Å². The average molecular weight is 259 g/mol. The second kappa shape index (κ2) is 4.43. The fourth-order valence-electron chi connectivity index (χ4n) is 0.996. The third-order valence-corrected chi connectivity index (χ3v) is 2.37. The maximum absolute atomic E-state index is 11.5. The molecule has 0 aliphatic rings. The highest BCUT2D eigenvalue weighted by atomic mass is 79.9. The topological polar surface area (TPSA) is 55.6 Å². The SMILES string of the molecule is COc1cc(C(=O)N(C)N)ccc1Br. The standard InChI is InChI=1S/C9H11BrN2O2/c1-12(11)9(13)6-3-4-7(10)8(5-6)14-2/h3-5H,11H2,1-2H3. The first-order chi connectivity index (χ1) is 6.56. The normalized spacial score (nSPS) is 9.71. The van der Waals surface area contributed by atoms with E-state index in [0.717, 1.165) is 9.48 Å². The van der Waals surface area contributed by atoms with Crippen molar-refractivity contribution in [3.05, 3.63) is 28.2 Å². The van der Waals surface area contributed by atoms with Crippen LogP contribution in [0.1, 0.15) is 10.4 Å². The van der Waals surface area contributed by atoms with Crippen molar-refractivity contribution < 1.29 is 9.53 Å². The van der Waals surface area contributed by atoms with Gasteiger partial charge in [-0.3, -0.25) is 9.80 Å². The molecule has 5 heteroatoms. The van der Waals surface area contributed by atoms with Crippen molar-refractivity contribution in [1.82, 2.24) is 5.01 Å². The summed E-state index contributed by atoms with van der Waals surface area (Å²) in [5.74, 6) is 5.68. The molecular formula is C9H11BrN2O2. The number of rotatable bonds is 2. The highest BCUT2D eigenvalue weighted by Crippen LogP contribution is 2.25. The molecule has 0 spiro atoms. The Bertz CT molecular complexity index is 353. The molecule has 0 radical (unpaired) electrons. The van der Waals surface area contributed by atoms with Gasteiger partial charge in [-0.1, -0.05) is 0 Å². The lowest BCUT2D eigenvalue weighted by atomic mass is 10.2. The summed E-state index contributed by atoms with van der Waals surface area (Å²) in [6, 6.07) is 5.06. The van der Waals surface area contributed by atoms with E-state index in [9.17, 15) is 4.79 Å². The van der Waals surface area contributed by atoms with Crippen molar-refractivity contribution in [2.45, 2.75) is 0 Å². The number of carbonyl (C=O) groups excluding carboxylic acids is 1. The van der Waals surface area contributed by atoms with Gasteiger partial charge in [-0.05, 0) is 34.1 Å². The van der Waals surface area contributed by atoms with Gasteiger partial charge in [0.25, 0.3) is 5.91 Å². The van der Waals surface area contributed by atoms with Crippen molar-refractivity contribution in [1.29, 1.82) is 0 Å². The molecule has 0 aliphatic heterocycles. The summed E-state index contributed by atoms with van der Waals surface area (Å²) in [4.78, 5) is 11.5. The number of ether oxygens (including phenoxy) is 1. The molecular weight excluding hydrogens is 248 g/mol. The minimum Gasteiger partial charge on any atom is -0.496 e. The van der Waals surface area contributed by atoms with Gasteiger partial charge in [0.05, 0.1) is 11.6 Å². The molecule has 1 aromatic rings. The number of amides is 1. The van der Waals surface area contributed by atoms with Crippen LogP contribution in [0.15, 0.2) is 22.7 Å². The highest BCUT2D eigenvalue weighted by molar-refractivity contribution is 9.10. The van der Waals surface area contributed by atoms with Gasteiger partial charge >= 0.3 is 0 Å². The number of hydrogen-bond acceptors (Lipinski definition) is 3. The number of hydrogen-bond donors (Lipinski definition) is 1. The van der Waals surface area contributed by atoms with Crippen molar-refractivity contribution in [2.75, 3.05) is 14.2 Å². The lowest BCUT2D eigenvalue weighted by Crippen LogP contribution is -2.33. The summed E-state index contributed by atoms with van der Waals surface area (Å²) < 4.78 is 5.86. The zero-order valence-corrected chi connectivity index (χ0v) is 9.54. The lowest BCUT2D eigenvalue weighted by molar-refractivity contribution is 0.0795. The van der Waals surface area contributed by atoms with E-state index in [4.69, 9.17) is 10.6 Å². The second-order valence-electron chi connectivity index (χ2n) is 2.77. The van der Waals surface area contributed by atoms with E-state index >= 15 is 0 Å². The third-order valence-electron chi connectivity index (χ3n) is 1.72. The minimum absolute atomic E-state index is 0.254.